The Morgan fingerprint density at radius 1 is 1.47 bits per heavy atom. The highest BCUT2D eigenvalue weighted by atomic mass is 16.5. The number of methoxy groups -OCH3 is 1. The van der Waals surface area contributed by atoms with Gasteiger partial charge in [0.05, 0.1) is 12.3 Å². The fourth-order valence-electron chi connectivity index (χ4n) is 1.49. The molecule has 0 unspecified atom stereocenters. The Labute approximate surface area is 104 Å². The minimum atomic E-state index is 0.298. The lowest BCUT2D eigenvalue weighted by Gasteiger charge is -2.23. The largest absolute Gasteiger partial charge is 0.383 e. The van der Waals surface area contributed by atoms with Crippen molar-refractivity contribution in [2.24, 2.45) is 5.41 Å². The van der Waals surface area contributed by atoms with Gasteiger partial charge in [0.1, 0.15) is 0 Å². The molecule has 0 saturated heterocycles. The van der Waals surface area contributed by atoms with Crippen molar-refractivity contribution in [3.05, 3.63) is 11.9 Å². The molecule has 0 amide bonds. The molecule has 0 aliphatic carbocycles. The van der Waals surface area contributed by atoms with E-state index in [-0.39, 0.29) is 0 Å². The highest BCUT2D eigenvalue weighted by Crippen LogP contribution is 2.20. The zero-order chi connectivity index (χ0) is 12.9. The SMILES string of the molecule is CCC(C)(C)CNc1nc(C)cn1CCOC. The zero-order valence-electron chi connectivity index (χ0n) is 11.7. The Hall–Kier alpha value is -1.03. The van der Waals surface area contributed by atoms with Crippen LogP contribution in [0.4, 0.5) is 5.95 Å². The van der Waals surface area contributed by atoms with Crippen LogP contribution in [-0.2, 0) is 11.3 Å². The smallest absolute Gasteiger partial charge is 0.203 e. The number of aryl methyl sites for hydroxylation is 1. The van der Waals surface area contributed by atoms with Gasteiger partial charge in [-0.15, -0.1) is 0 Å². The molecule has 1 heterocycles. The second kappa shape index (κ2) is 6.05. The van der Waals surface area contributed by atoms with Crippen LogP contribution in [0, 0.1) is 12.3 Å². The number of aromatic nitrogens is 2. The van der Waals surface area contributed by atoms with Crippen LogP contribution in [0.5, 0.6) is 0 Å². The Morgan fingerprint density at radius 3 is 2.76 bits per heavy atom. The Kier molecular flexibility index (Phi) is 5.00. The van der Waals surface area contributed by atoms with Crippen LogP contribution in [0.2, 0.25) is 0 Å². The second-order valence-corrected chi connectivity index (χ2v) is 5.26. The molecule has 0 aliphatic rings. The second-order valence-electron chi connectivity index (χ2n) is 5.26. The molecule has 0 fully saturated rings. The number of imidazole rings is 1. The summed E-state index contributed by atoms with van der Waals surface area (Å²) in [7, 11) is 1.72. The Morgan fingerprint density at radius 2 is 2.18 bits per heavy atom. The summed E-state index contributed by atoms with van der Waals surface area (Å²) in [6.45, 7) is 11.2. The van der Waals surface area contributed by atoms with Gasteiger partial charge in [-0.05, 0) is 18.8 Å². The van der Waals surface area contributed by atoms with Gasteiger partial charge in [-0.3, -0.25) is 0 Å². The molecule has 0 aromatic carbocycles. The Bertz CT molecular complexity index is 344. The number of nitrogens with one attached hydrogen (secondary N) is 1. The number of hydrogen-bond donors (Lipinski definition) is 1. The molecule has 1 aromatic heterocycles. The van der Waals surface area contributed by atoms with Gasteiger partial charge in [-0.1, -0.05) is 20.8 Å². The lowest BCUT2D eigenvalue weighted by molar-refractivity contribution is 0.187. The molecule has 0 radical (unpaired) electrons. The summed E-state index contributed by atoms with van der Waals surface area (Å²) in [6.07, 6.45) is 3.21. The van der Waals surface area contributed by atoms with E-state index in [1.165, 1.54) is 0 Å². The fraction of sp³-hybridized carbons (Fsp3) is 0.769. The van der Waals surface area contributed by atoms with Gasteiger partial charge in [0.25, 0.3) is 0 Å². The van der Waals surface area contributed by atoms with E-state index in [1.54, 1.807) is 7.11 Å². The van der Waals surface area contributed by atoms with Crippen LogP contribution >= 0.6 is 0 Å². The Balaban J connectivity index is 2.63. The van der Waals surface area contributed by atoms with Crippen molar-refractivity contribution < 1.29 is 4.74 Å². The standard InChI is InChI=1S/C13H25N3O/c1-6-13(3,4)10-14-12-15-11(2)9-16(12)7-8-17-5/h9H,6-8,10H2,1-5H3,(H,14,15). The van der Waals surface area contributed by atoms with E-state index in [1.807, 2.05) is 6.92 Å². The van der Waals surface area contributed by atoms with Crippen LogP contribution in [0.1, 0.15) is 32.9 Å². The molecule has 0 spiro atoms. The molecule has 1 N–H and O–H groups in total. The molecular weight excluding hydrogens is 214 g/mol. The third-order valence-electron chi connectivity index (χ3n) is 3.12. The summed E-state index contributed by atoms with van der Waals surface area (Å²) >= 11 is 0. The molecule has 98 valence electrons. The molecule has 1 rings (SSSR count). The molecule has 0 aliphatic heterocycles. The summed E-state index contributed by atoms with van der Waals surface area (Å²) in [4.78, 5) is 4.50. The average Bonchev–Trinajstić information content (AvgIpc) is 2.64. The first-order valence-corrected chi connectivity index (χ1v) is 6.25. The minimum absolute atomic E-state index is 0.298. The van der Waals surface area contributed by atoms with E-state index in [0.29, 0.717) is 12.0 Å². The first kappa shape index (κ1) is 14.0. The number of hydrogen-bond acceptors (Lipinski definition) is 3. The van der Waals surface area contributed by atoms with Gasteiger partial charge < -0.3 is 14.6 Å². The normalized spacial score (nSPS) is 11.8. The number of rotatable bonds is 7. The summed E-state index contributed by atoms with van der Waals surface area (Å²) in [5.74, 6) is 0.945. The van der Waals surface area contributed by atoms with Crippen molar-refractivity contribution >= 4 is 5.95 Å². The summed E-state index contributed by atoms with van der Waals surface area (Å²) < 4.78 is 7.22. The van der Waals surface area contributed by atoms with Crippen LogP contribution in [0.3, 0.4) is 0 Å². The van der Waals surface area contributed by atoms with E-state index >= 15 is 0 Å². The quantitative estimate of drug-likeness (QED) is 0.795. The minimum Gasteiger partial charge on any atom is -0.383 e. The fourth-order valence-corrected chi connectivity index (χ4v) is 1.49. The molecule has 4 nitrogen and oxygen atoms in total. The van der Waals surface area contributed by atoms with E-state index < -0.39 is 0 Å². The van der Waals surface area contributed by atoms with Gasteiger partial charge in [-0.25, -0.2) is 4.98 Å². The van der Waals surface area contributed by atoms with Gasteiger partial charge >= 0.3 is 0 Å². The number of ether oxygens (including phenoxy) is 1. The first-order chi connectivity index (χ1) is 7.98. The van der Waals surface area contributed by atoms with Crippen LogP contribution in [-0.4, -0.2) is 29.8 Å². The van der Waals surface area contributed by atoms with E-state index in [9.17, 15) is 0 Å². The van der Waals surface area contributed by atoms with Crippen molar-refractivity contribution in [2.45, 2.75) is 40.7 Å². The molecule has 0 saturated carbocycles. The number of nitrogens with zero attached hydrogens (tertiary/aromatic N) is 2. The summed E-state index contributed by atoms with van der Waals surface area (Å²) in [5.41, 5.74) is 1.34. The van der Waals surface area contributed by atoms with Gasteiger partial charge in [0.2, 0.25) is 5.95 Å². The highest BCUT2D eigenvalue weighted by Gasteiger charge is 2.16. The van der Waals surface area contributed by atoms with Crippen molar-refractivity contribution in [1.29, 1.82) is 0 Å². The predicted molar refractivity (Wildman–Crippen MR) is 71.4 cm³/mol. The topological polar surface area (TPSA) is 39.1 Å². The van der Waals surface area contributed by atoms with Crippen molar-refractivity contribution in [3.63, 3.8) is 0 Å². The summed E-state index contributed by atoms with van der Waals surface area (Å²) in [5, 5.41) is 3.43. The van der Waals surface area contributed by atoms with Crippen molar-refractivity contribution in [3.8, 4) is 0 Å². The third-order valence-corrected chi connectivity index (χ3v) is 3.12. The molecule has 4 heteroatoms. The third kappa shape index (κ3) is 4.38. The lowest BCUT2D eigenvalue weighted by Crippen LogP contribution is -2.23. The maximum Gasteiger partial charge on any atom is 0.203 e. The maximum absolute atomic E-state index is 5.10. The van der Waals surface area contributed by atoms with E-state index in [0.717, 1.165) is 31.2 Å². The zero-order valence-corrected chi connectivity index (χ0v) is 11.7. The van der Waals surface area contributed by atoms with Crippen molar-refractivity contribution in [1.82, 2.24) is 9.55 Å². The van der Waals surface area contributed by atoms with E-state index in [2.05, 4.69) is 41.8 Å². The van der Waals surface area contributed by atoms with E-state index in [4.69, 9.17) is 4.74 Å². The monoisotopic (exact) mass is 239 g/mol. The summed E-state index contributed by atoms with van der Waals surface area (Å²) in [6, 6.07) is 0. The molecule has 0 bridgehead atoms. The first-order valence-electron chi connectivity index (χ1n) is 6.25. The molecule has 17 heavy (non-hydrogen) atoms. The molecular formula is C13H25N3O. The van der Waals surface area contributed by atoms with Gasteiger partial charge in [-0.2, -0.15) is 0 Å². The van der Waals surface area contributed by atoms with Gasteiger partial charge in [0, 0.05) is 26.4 Å². The van der Waals surface area contributed by atoms with Crippen LogP contribution in [0.15, 0.2) is 6.20 Å². The van der Waals surface area contributed by atoms with Crippen LogP contribution in [0.25, 0.3) is 0 Å². The number of anilines is 1. The average molecular weight is 239 g/mol. The highest BCUT2D eigenvalue weighted by molar-refractivity contribution is 5.29. The predicted octanol–water partition coefficient (Wildman–Crippen LogP) is 2.69. The maximum atomic E-state index is 5.10. The van der Waals surface area contributed by atoms with Gasteiger partial charge in [0.15, 0.2) is 0 Å². The lowest BCUT2D eigenvalue weighted by atomic mass is 9.90. The van der Waals surface area contributed by atoms with Crippen molar-refractivity contribution in [2.75, 3.05) is 25.6 Å². The van der Waals surface area contributed by atoms with Crippen LogP contribution < -0.4 is 5.32 Å². The molecule has 0 atom stereocenters. The molecule has 1 aromatic rings.